The van der Waals surface area contributed by atoms with E-state index in [9.17, 15) is 23.1 Å². The first-order chi connectivity index (χ1) is 21.4. The molecule has 1 amide bonds. The number of aldehydes is 1. The molecular formula is C35H36ClNO7S. The largest absolute Gasteiger partial charge is 0.457 e. The number of nitrogens with zero attached hydrogens (tertiary/aromatic N) is 1. The van der Waals surface area contributed by atoms with E-state index in [0.717, 1.165) is 5.56 Å². The number of ether oxygens (including phenoxy) is 2. The maximum absolute atomic E-state index is 13.4. The summed E-state index contributed by atoms with van der Waals surface area (Å²) in [5.74, 6) is 0.618. The Balaban J connectivity index is 1.42. The van der Waals surface area contributed by atoms with Gasteiger partial charge in [0.1, 0.15) is 17.1 Å². The highest BCUT2D eigenvalue weighted by Crippen LogP contribution is 2.29. The summed E-state index contributed by atoms with van der Waals surface area (Å²) in [6, 6.07) is 26.3. The number of halogens is 1. The van der Waals surface area contributed by atoms with E-state index in [1.807, 2.05) is 0 Å². The van der Waals surface area contributed by atoms with Crippen LogP contribution in [0.5, 0.6) is 11.5 Å². The molecule has 236 valence electrons. The molecule has 0 aliphatic rings. The van der Waals surface area contributed by atoms with Gasteiger partial charge in [-0.15, -0.1) is 0 Å². The summed E-state index contributed by atoms with van der Waals surface area (Å²) < 4.78 is 38.2. The van der Waals surface area contributed by atoms with Crippen LogP contribution in [0.15, 0.2) is 107 Å². The highest BCUT2D eigenvalue weighted by atomic mass is 35.5. The Kier molecular flexibility index (Phi) is 11.0. The van der Waals surface area contributed by atoms with Gasteiger partial charge in [-0.05, 0) is 99.3 Å². The van der Waals surface area contributed by atoms with Gasteiger partial charge in [0.25, 0.3) is 0 Å². The van der Waals surface area contributed by atoms with E-state index in [1.54, 1.807) is 106 Å². The van der Waals surface area contributed by atoms with Crippen molar-refractivity contribution in [1.29, 1.82) is 0 Å². The highest BCUT2D eigenvalue weighted by molar-refractivity contribution is 7.91. The molecule has 0 radical (unpaired) electrons. The highest BCUT2D eigenvalue weighted by Gasteiger charge is 2.25. The lowest BCUT2D eigenvalue weighted by Crippen LogP contribution is -2.40. The van der Waals surface area contributed by atoms with Crippen molar-refractivity contribution >= 4 is 33.8 Å². The molecule has 0 spiro atoms. The average molecular weight is 650 g/mol. The number of amides is 1. The lowest BCUT2D eigenvalue weighted by atomic mass is 10.1. The molecule has 0 aromatic heterocycles. The third-order valence-electron chi connectivity index (χ3n) is 6.80. The molecule has 0 bridgehead atoms. The fourth-order valence-electron chi connectivity index (χ4n) is 4.56. The number of aliphatic hydroxyl groups excluding tert-OH is 1. The van der Waals surface area contributed by atoms with Crippen LogP contribution in [0.4, 0.5) is 4.79 Å². The number of sulfone groups is 1. The number of para-hydroxylation sites is 1. The Morgan fingerprint density at radius 2 is 1.64 bits per heavy atom. The molecule has 0 aliphatic heterocycles. The van der Waals surface area contributed by atoms with Crippen molar-refractivity contribution in [1.82, 2.24) is 4.90 Å². The van der Waals surface area contributed by atoms with Crippen LogP contribution in [0.1, 0.15) is 54.8 Å². The number of carbonyl (C=O) groups excluding carboxylic acids is 2. The Morgan fingerprint density at radius 1 is 0.933 bits per heavy atom. The third-order valence-corrected chi connectivity index (χ3v) is 8.80. The van der Waals surface area contributed by atoms with Crippen LogP contribution in [0.25, 0.3) is 0 Å². The van der Waals surface area contributed by atoms with E-state index in [2.05, 4.69) is 0 Å². The molecule has 0 unspecified atom stereocenters. The van der Waals surface area contributed by atoms with E-state index in [0.29, 0.717) is 47.6 Å². The van der Waals surface area contributed by atoms with Crippen LogP contribution >= 0.6 is 11.6 Å². The zero-order valence-electron chi connectivity index (χ0n) is 25.4. The smallest absolute Gasteiger partial charge is 0.410 e. The van der Waals surface area contributed by atoms with Gasteiger partial charge in [0.2, 0.25) is 9.84 Å². The summed E-state index contributed by atoms with van der Waals surface area (Å²) in [5, 5.41) is 11.3. The number of hydrogen-bond donors (Lipinski definition) is 1. The molecule has 1 atom stereocenters. The maximum Gasteiger partial charge on any atom is 0.410 e. The van der Waals surface area contributed by atoms with Gasteiger partial charge in [0.15, 0.2) is 6.29 Å². The molecule has 4 rings (SSSR count). The molecular weight excluding hydrogens is 614 g/mol. The third kappa shape index (κ3) is 9.41. The molecule has 8 nitrogen and oxygen atoms in total. The molecule has 0 saturated heterocycles. The summed E-state index contributed by atoms with van der Waals surface area (Å²) in [4.78, 5) is 25.9. The van der Waals surface area contributed by atoms with Crippen LogP contribution in [0, 0.1) is 0 Å². The zero-order chi connectivity index (χ0) is 32.6. The molecule has 0 fully saturated rings. The van der Waals surface area contributed by atoms with E-state index in [1.165, 1.54) is 17.0 Å². The Labute approximate surface area is 269 Å². The Hall–Kier alpha value is -4.18. The summed E-state index contributed by atoms with van der Waals surface area (Å²) in [5.41, 5.74) is 1.13. The number of hydrogen-bond acceptors (Lipinski definition) is 7. The quantitative estimate of drug-likeness (QED) is 0.157. The zero-order valence-corrected chi connectivity index (χ0v) is 26.9. The first-order valence-electron chi connectivity index (χ1n) is 14.4. The van der Waals surface area contributed by atoms with Gasteiger partial charge in [0.05, 0.1) is 28.0 Å². The van der Waals surface area contributed by atoms with Crippen molar-refractivity contribution in [2.75, 3.05) is 13.1 Å². The van der Waals surface area contributed by atoms with E-state index in [-0.39, 0.29) is 22.1 Å². The summed E-state index contributed by atoms with van der Waals surface area (Å²) >= 11 is 6.08. The monoisotopic (exact) mass is 649 g/mol. The van der Waals surface area contributed by atoms with Gasteiger partial charge in [0, 0.05) is 11.6 Å². The lowest BCUT2D eigenvalue weighted by Gasteiger charge is -2.29. The van der Waals surface area contributed by atoms with Crippen molar-refractivity contribution < 1.29 is 32.6 Å². The van der Waals surface area contributed by atoms with Crippen LogP contribution < -0.4 is 4.74 Å². The number of benzene rings is 4. The lowest BCUT2D eigenvalue weighted by molar-refractivity contribution is 0.0142. The van der Waals surface area contributed by atoms with Crippen molar-refractivity contribution in [2.45, 2.75) is 55.1 Å². The standard InChI is InChI=1S/C35H36ClNO7S/c1-35(2,3)44-34(40)37(23-32(39)26-11-6-12-28(36)21-26)20-8-9-25-16-18-30(19-17-25)45(41,42)31-14-7-13-29(22-31)43-33-15-5-4-10-27(33)24-38/h4-7,10-19,21-22,24,32,39H,8-9,20,23H2,1-3H3/t32-/m0/s1. The Bertz CT molecular complexity index is 1730. The predicted molar refractivity (Wildman–Crippen MR) is 173 cm³/mol. The maximum atomic E-state index is 13.4. The number of aliphatic hydroxyl groups is 1. The van der Waals surface area contributed by atoms with Gasteiger partial charge in [-0.2, -0.15) is 0 Å². The Morgan fingerprint density at radius 3 is 2.33 bits per heavy atom. The van der Waals surface area contributed by atoms with Gasteiger partial charge in [-0.1, -0.05) is 54.1 Å². The molecule has 4 aromatic carbocycles. The minimum atomic E-state index is -3.85. The van der Waals surface area contributed by atoms with E-state index in [4.69, 9.17) is 21.1 Å². The summed E-state index contributed by atoms with van der Waals surface area (Å²) in [7, 11) is -3.85. The average Bonchev–Trinajstić information content (AvgIpc) is 3.00. The van der Waals surface area contributed by atoms with Crippen LogP contribution in [0.2, 0.25) is 5.02 Å². The summed E-state index contributed by atoms with van der Waals surface area (Å²) in [6.07, 6.45) is 0.300. The number of rotatable bonds is 12. The number of aryl methyl sites for hydroxylation is 1. The topological polar surface area (TPSA) is 110 Å². The van der Waals surface area contributed by atoms with Gasteiger partial charge < -0.3 is 19.5 Å². The van der Waals surface area contributed by atoms with Crippen molar-refractivity contribution in [3.8, 4) is 11.5 Å². The molecule has 1 N–H and O–H groups in total. The minimum Gasteiger partial charge on any atom is -0.457 e. The molecule has 10 heteroatoms. The fraction of sp³-hybridized carbons (Fsp3) is 0.257. The van der Waals surface area contributed by atoms with Crippen molar-refractivity contribution in [3.05, 3.63) is 119 Å². The predicted octanol–water partition coefficient (Wildman–Crippen LogP) is 7.68. The van der Waals surface area contributed by atoms with Crippen molar-refractivity contribution in [3.63, 3.8) is 0 Å². The minimum absolute atomic E-state index is 0.0238. The molecule has 0 aliphatic carbocycles. The second-order valence-electron chi connectivity index (χ2n) is 11.5. The molecule has 45 heavy (non-hydrogen) atoms. The molecule has 4 aromatic rings. The fourth-order valence-corrected chi connectivity index (χ4v) is 6.05. The van der Waals surface area contributed by atoms with Crippen molar-refractivity contribution in [2.24, 2.45) is 0 Å². The molecule has 0 heterocycles. The van der Waals surface area contributed by atoms with Gasteiger partial charge in [-0.3, -0.25) is 4.79 Å². The molecule has 0 saturated carbocycles. The van der Waals surface area contributed by atoms with E-state index >= 15 is 0 Å². The van der Waals surface area contributed by atoms with E-state index < -0.39 is 27.6 Å². The summed E-state index contributed by atoms with van der Waals surface area (Å²) in [6.45, 7) is 5.68. The van der Waals surface area contributed by atoms with Crippen LogP contribution in [-0.2, 0) is 21.0 Å². The first-order valence-corrected chi connectivity index (χ1v) is 16.3. The van der Waals surface area contributed by atoms with Gasteiger partial charge >= 0.3 is 6.09 Å². The normalized spacial score (nSPS) is 12.3. The second-order valence-corrected chi connectivity index (χ2v) is 13.9. The SMILES string of the molecule is CC(C)(C)OC(=O)N(CCCc1ccc(S(=O)(=O)c2cccc(Oc3ccccc3C=O)c2)cc1)C[C@H](O)c1cccc(Cl)c1. The first kappa shape index (κ1) is 33.7. The second kappa shape index (κ2) is 14.7. The van der Waals surface area contributed by atoms with Gasteiger partial charge in [-0.25, -0.2) is 13.2 Å². The van der Waals surface area contributed by atoms with Crippen LogP contribution in [0.3, 0.4) is 0 Å². The number of carbonyl (C=O) groups is 2. The van der Waals surface area contributed by atoms with Crippen LogP contribution in [-0.4, -0.2) is 49.5 Å².